The Hall–Kier alpha value is -1.60. The van der Waals surface area contributed by atoms with E-state index in [4.69, 9.17) is 0 Å². The van der Waals surface area contributed by atoms with Crippen LogP contribution in [0.25, 0.3) is 11.0 Å². The van der Waals surface area contributed by atoms with Gasteiger partial charge in [0.25, 0.3) is 5.56 Å². The SMILES string of the molecule is CCc1cnc2c(c1SCCN1CCCC1)c(=O)n(C)c(=O)n2C. The summed E-state index contributed by atoms with van der Waals surface area (Å²) in [6.07, 6.45) is 5.19. The van der Waals surface area contributed by atoms with Crippen molar-refractivity contribution in [2.75, 3.05) is 25.4 Å². The zero-order valence-corrected chi connectivity index (χ0v) is 15.4. The molecule has 0 bridgehead atoms. The zero-order chi connectivity index (χ0) is 17.3. The normalized spacial score (nSPS) is 15.5. The third-order valence-electron chi connectivity index (χ3n) is 4.73. The van der Waals surface area contributed by atoms with E-state index in [9.17, 15) is 9.59 Å². The monoisotopic (exact) mass is 348 g/mol. The van der Waals surface area contributed by atoms with Gasteiger partial charge in [-0.15, -0.1) is 11.8 Å². The maximum absolute atomic E-state index is 12.7. The van der Waals surface area contributed by atoms with Crippen LogP contribution in [0.4, 0.5) is 0 Å². The lowest BCUT2D eigenvalue weighted by Gasteiger charge is -2.16. The molecule has 0 amide bonds. The maximum Gasteiger partial charge on any atom is 0.332 e. The lowest BCUT2D eigenvalue weighted by atomic mass is 10.2. The predicted molar refractivity (Wildman–Crippen MR) is 98.0 cm³/mol. The summed E-state index contributed by atoms with van der Waals surface area (Å²) in [4.78, 5) is 32.7. The molecule has 1 fully saturated rings. The Morgan fingerprint density at radius 1 is 1.17 bits per heavy atom. The number of nitrogens with zero attached hydrogens (tertiary/aromatic N) is 4. The summed E-state index contributed by atoms with van der Waals surface area (Å²) in [7, 11) is 3.20. The van der Waals surface area contributed by atoms with Crippen LogP contribution in [0.5, 0.6) is 0 Å². The average Bonchev–Trinajstić information content (AvgIpc) is 3.11. The predicted octanol–water partition coefficient (Wildman–Crippen LogP) is 1.38. The number of hydrogen-bond acceptors (Lipinski definition) is 5. The first-order valence-corrected chi connectivity index (χ1v) is 9.46. The van der Waals surface area contributed by atoms with Gasteiger partial charge >= 0.3 is 5.69 Å². The minimum atomic E-state index is -0.336. The number of fused-ring (bicyclic) bond motifs is 1. The largest absolute Gasteiger partial charge is 0.332 e. The lowest BCUT2D eigenvalue weighted by molar-refractivity contribution is 0.362. The smallest absolute Gasteiger partial charge is 0.303 e. The molecule has 0 atom stereocenters. The fourth-order valence-corrected chi connectivity index (χ4v) is 4.50. The third-order valence-corrected chi connectivity index (χ3v) is 5.87. The molecule has 0 aliphatic carbocycles. The Morgan fingerprint density at radius 2 is 1.88 bits per heavy atom. The molecule has 1 aliphatic heterocycles. The van der Waals surface area contributed by atoms with Crippen molar-refractivity contribution in [3.63, 3.8) is 0 Å². The van der Waals surface area contributed by atoms with Gasteiger partial charge in [-0.2, -0.15) is 0 Å². The molecular formula is C17H24N4O2S. The first kappa shape index (κ1) is 17.2. The minimum Gasteiger partial charge on any atom is -0.303 e. The van der Waals surface area contributed by atoms with E-state index in [1.807, 2.05) is 0 Å². The van der Waals surface area contributed by atoms with E-state index in [-0.39, 0.29) is 11.2 Å². The third kappa shape index (κ3) is 3.02. The van der Waals surface area contributed by atoms with Crippen molar-refractivity contribution in [3.8, 4) is 0 Å². The van der Waals surface area contributed by atoms with E-state index >= 15 is 0 Å². The van der Waals surface area contributed by atoms with Gasteiger partial charge < -0.3 is 4.90 Å². The van der Waals surface area contributed by atoms with Crippen molar-refractivity contribution in [2.45, 2.75) is 31.1 Å². The Bertz CT molecular complexity index is 865. The average molecular weight is 348 g/mol. The van der Waals surface area contributed by atoms with Gasteiger partial charge in [-0.05, 0) is 37.9 Å². The molecule has 0 N–H and O–H groups in total. The number of likely N-dealkylation sites (tertiary alicyclic amines) is 1. The van der Waals surface area contributed by atoms with Crippen LogP contribution in [0.15, 0.2) is 20.7 Å². The molecule has 0 radical (unpaired) electrons. The van der Waals surface area contributed by atoms with Crippen LogP contribution in [0.3, 0.4) is 0 Å². The Kier molecular flexibility index (Phi) is 5.10. The second kappa shape index (κ2) is 7.11. The van der Waals surface area contributed by atoms with Crippen molar-refractivity contribution < 1.29 is 0 Å². The summed E-state index contributed by atoms with van der Waals surface area (Å²) in [6, 6.07) is 0. The van der Waals surface area contributed by atoms with Crippen molar-refractivity contribution in [1.82, 2.24) is 19.0 Å². The number of pyridine rings is 1. The van der Waals surface area contributed by atoms with Crippen molar-refractivity contribution in [3.05, 3.63) is 32.6 Å². The molecule has 2 aromatic heterocycles. The van der Waals surface area contributed by atoms with E-state index in [2.05, 4.69) is 16.8 Å². The molecule has 3 rings (SSSR count). The molecule has 1 aliphatic rings. The van der Waals surface area contributed by atoms with Crippen molar-refractivity contribution in [1.29, 1.82) is 0 Å². The fourth-order valence-electron chi connectivity index (χ4n) is 3.24. The molecule has 2 aromatic rings. The number of rotatable bonds is 5. The molecular weight excluding hydrogens is 324 g/mol. The van der Waals surface area contributed by atoms with Crippen LogP contribution in [0.1, 0.15) is 25.3 Å². The van der Waals surface area contributed by atoms with Crippen LogP contribution in [0.2, 0.25) is 0 Å². The van der Waals surface area contributed by atoms with E-state index in [0.717, 1.165) is 29.2 Å². The molecule has 1 saturated heterocycles. The highest BCUT2D eigenvalue weighted by Gasteiger charge is 2.18. The van der Waals surface area contributed by atoms with Gasteiger partial charge in [0.1, 0.15) is 5.65 Å². The molecule has 24 heavy (non-hydrogen) atoms. The molecule has 130 valence electrons. The van der Waals surface area contributed by atoms with E-state index in [0.29, 0.717) is 11.0 Å². The quantitative estimate of drug-likeness (QED) is 0.764. The molecule has 0 unspecified atom stereocenters. The summed E-state index contributed by atoms with van der Waals surface area (Å²) in [5.41, 5.74) is 0.963. The summed E-state index contributed by atoms with van der Waals surface area (Å²) in [5.74, 6) is 0.943. The van der Waals surface area contributed by atoms with Gasteiger partial charge in [-0.3, -0.25) is 13.9 Å². The second-order valence-electron chi connectivity index (χ2n) is 6.27. The molecule has 0 spiro atoms. The summed E-state index contributed by atoms with van der Waals surface area (Å²) >= 11 is 1.72. The number of hydrogen-bond donors (Lipinski definition) is 0. The summed E-state index contributed by atoms with van der Waals surface area (Å²) < 4.78 is 2.63. The highest BCUT2D eigenvalue weighted by Crippen LogP contribution is 2.28. The van der Waals surface area contributed by atoms with Crippen LogP contribution in [-0.2, 0) is 20.5 Å². The zero-order valence-electron chi connectivity index (χ0n) is 14.5. The highest BCUT2D eigenvalue weighted by molar-refractivity contribution is 7.99. The minimum absolute atomic E-state index is 0.250. The van der Waals surface area contributed by atoms with Gasteiger partial charge in [0.05, 0.1) is 5.39 Å². The first-order chi connectivity index (χ1) is 11.5. The van der Waals surface area contributed by atoms with Gasteiger partial charge in [0, 0.05) is 37.5 Å². The second-order valence-corrected chi connectivity index (χ2v) is 7.37. The van der Waals surface area contributed by atoms with E-state index < -0.39 is 0 Å². The van der Waals surface area contributed by atoms with Crippen LogP contribution in [0, 0.1) is 0 Å². The van der Waals surface area contributed by atoms with Gasteiger partial charge in [-0.25, -0.2) is 9.78 Å². The fraction of sp³-hybridized carbons (Fsp3) is 0.588. The Morgan fingerprint density at radius 3 is 2.54 bits per heavy atom. The van der Waals surface area contributed by atoms with E-state index in [1.54, 1.807) is 25.0 Å². The molecule has 0 aromatic carbocycles. The van der Waals surface area contributed by atoms with Gasteiger partial charge in [-0.1, -0.05) is 6.92 Å². The lowest BCUT2D eigenvalue weighted by Crippen LogP contribution is -2.37. The van der Waals surface area contributed by atoms with Crippen molar-refractivity contribution in [2.24, 2.45) is 14.1 Å². The van der Waals surface area contributed by atoms with Gasteiger partial charge in [0.2, 0.25) is 0 Å². The van der Waals surface area contributed by atoms with Crippen LogP contribution < -0.4 is 11.2 Å². The Balaban J connectivity index is 2.03. The van der Waals surface area contributed by atoms with Crippen LogP contribution in [-0.4, -0.2) is 44.4 Å². The number of aromatic nitrogens is 3. The molecule has 6 nitrogen and oxygen atoms in total. The maximum atomic E-state index is 12.7. The summed E-state index contributed by atoms with van der Waals surface area (Å²) in [5, 5.41) is 0.574. The number of thioether (sulfide) groups is 1. The van der Waals surface area contributed by atoms with Crippen LogP contribution >= 0.6 is 11.8 Å². The first-order valence-electron chi connectivity index (χ1n) is 8.47. The standard InChI is InChI=1S/C17H24N4O2S/c1-4-12-11-18-15-13(16(22)20(3)17(23)19(15)2)14(12)24-10-9-21-7-5-6-8-21/h11H,4-10H2,1-3H3. The van der Waals surface area contributed by atoms with E-state index in [1.165, 1.54) is 42.1 Å². The van der Waals surface area contributed by atoms with Gasteiger partial charge in [0.15, 0.2) is 0 Å². The Labute approximate surface area is 145 Å². The molecule has 7 heteroatoms. The highest BCUT2D eigenvalue weighted by atomic mass is 32.2. The topological polar surface area (TPSA) is 60.1 Å². The summed E-state index contributed by atoms with van der Waals surface area (Å²) in [6.45, 7) is 5.45. The number of aryl methyl sites for hydroxylation is 2. The molecule has 3 heterocycles. The molecule has 0 saturated carbocycles. The van der Waals surface area contributed by atoms with Crippen molar-refractivity contribution >= 4 is 22.8 Å².